The van der Waals surface area contributed by atoms with Crippen LogP contribution in [0, 0.1) is 0 Å². The van der Waals surface area contributed by atoms with Gasteiger partial charge in [-0.1, -0.05) is 6.07 Å². The predicted octanol–water partition coefficient (Wildman–Crippen LogP) is 1.94. The van der Waals surface area contributed by atoms with E-state index in [-0.39, 0.29) is 29.9 Å². The minimum atomic E-state index is 0. The first-order valence-corrected chi connectivity index (χ1v) is 4.52. The van der Waals surface area contributed by atoms with Crippen molar-refractivity contribution < 1.29 is 10.2 Å². The van der Waals surface area contributed by atoms with E-state index in [1.165, 1.54) is 6.07 Å². The summed E-state index contributed by atoms with van der Waals surface area (Å²) in [6, 6.07) is 5.01. The van der Waals surface area contributed by atoms with E-state index in [9.17, 15) is 5.11 Å². The molecule has 1 aliphatic rings. The molecular weight excluding hydrogens is 202 g/mol. The zero-order valence-corrected chi connectivity index (χ0v) is 8.55. The molecule has 0 bridgehead atoms. The number of phenols is 2. The van der Waals surface area contributed by atoms with Crippen LogP contribution < -0.4 is 5.32 Å². The Morgan fingerprint density at radius 3 is 2.64 bits per heavy atom. The maximum Gasteiger partial charge on any atom is 0.124 e. The lowest BCUT2D eigenvalue weighted by Gasteiger charge is -2.12. The van der Waals surface area contributed by atoms with E-state index in [4.69, 9.17) is 5.11 Å². The van der Waals surface area contributed by atoms with Gasteiger partial charge in [0.2, 0.25) is 0 Å². The number of phenolic OH excluding ortho intramolecular Hbond substituents is 2. The normalized spacial score (nSPS) is 20.4. The van der Waals surface area contributed by atoms with Gasteiger partial charge in [-0.05, 0) is 25.5 Å². The fourth-order valence-corrected chi connectivity index (χ4v) is 1.78. The lowest BCUT2D eigenvalue weighted by Crippen LogP contribution is -2.12. The van der Waals surface area contributed by atoms with Gasteiger partial charge in [0.05, 0.1) is 0 Å². The van der Waals surface area contributed by atoms with Crippen molar-refractivity contribution in [1.29, 1.82) is 0 Å². The van der Waals surface area contributed by atoms with Crippen LogP contribution in [0.5, 0.6) is 11.5 Å². The van der Waals surface area contributed by atoms with Gasteiger partial charge in [0.1, 0.15) is 11.5 Å². The molecule has 0 radical (unpaired) electrons. The molecule has 0 aromatic heterocycles. The van der Waals surface area contributed by atoms with Crippen molar-refractivity contribution >= 4 is 12.4 Å². The van der Waals surface area contributed by atoms with Gasteiger partial charge in [-0.15, -0.1) is 12.4 Å². The summed E-state index contributed by atoms with van der Waals surface area (Å²) >= 11 is 0. The molecule has 1 heterocycles. The second kappa shape index (κ2) is 4.53. The average molecular weight is 216 g/mol. The van der Waals surface area contributed by atoms with E-state index in [1.54, 1.807) is 12.1 Å². The fourth-order valence-electron chi connectivity index (χ4n) is 1.78. The Morgan fingerprint density at radius 1 is 1.29 bits per heavy atom. The van der Waals surface area contributed by atoms with Crippen LogP contribution in [0.25, 0.3) is 0 Å². The van der Waals surface area contributed by atoms with E-state index < -0.39 is 0 Å². The topological polar surface area (TPSA) is 52.5 Å². The molecule has 3 N–H and O–H groups in total. The predicted molar refractivity (Wildman–Crippen MR) is 57.0 cm³/mol. The molecule has 1 saturated heterocycles. The van der Waals surface area contributed by atoms with Gasteiger partial charge in [-0.25, -0.2) is 0 Å². The summed E-state index contributed by atoms with van der Waals surface area (Å²) in [5.41, 5.74) is 0.885. The number of hydrogen-bond donors (Lipinski definition) is 3. The zero-order valence-electron chi connectivity index (χ0n) is 7.73. The van der Waals surface area contributed by atoms with Gasteiger partial charge in [0.15, 0.2) is 0 Å². The summed E-state index contributed by atoms with van der Waals surface area (Å²) in [4.78, 5) is 0. The average Bonchev–Trinajstić information content (AvgIpc) is 2.56. The molecule has 3 nitrogen and oxygen atoms in total. The van der Waals surface area contributed by atoms with E-state index in [1.807, 2.05) is 0 Å². The first-order valence-electron chi connectivity index (χ1n) is 4.52. The Bertz CT molecular complexity index is 311. The van der Waals surface area contributed by atoms with Crippen LogP contribution in [-0.2, 0) is 0 Å². The van der Waals surface area contributed by atoms with Crippen LogP contribution in [0.2, 0.25) is 0 Å². The van der Waals surface area contributed by atoms with E-state index in [0.29, 0.717) is 0 Å². The number of halogens is 1. The van der Waals surface area contributed by atoms with Crippen LogP contribution in [0.15, 0.2) is 18.2 Å². The molecule has 2 rings (SSSR count). The molecule has 0 amide bonds. The Balaban J connectivity index is 0.000000980. The highest BCUT2D eigenvalue weighted by atomic mass is 35.5. The van der Waals surface area contributed by atoms with Gasteiger partial charge in [-0.3, -0.25) is 0 Å². The molecule has 1 aliphatic heterocycles. The Kier molecular flexibility index (Phi) is 3.61. The third-order valence-electron chi connectivity index (χ3n) is 2.45. The number of hydrogen-bond acceptors (Lipinski definition) is 3. The van der Waals surface area contributed by atoms with Gasteiger partial charge in [0.25, 0.3) is 0 Å². The highest BCUT2D eigenvalue weighted by molar-refractivity contribution is 5.85. The Labute approximate surface area is 89.2 Å². The van der Waals surface area contributed by atoms with Crippen LogP contribution in [0.4, 0.5) is 0 Å². The number of benzene rings is 1. The summed E-state index contributed by atoms with van der Waals surface area (Å²) in [6.07, 6.45) is 2.20. The quantitative estimate of drug-likeness (QED) is 0.671. The molecule has 14 heavy (non-hydrogen) atoms. The lowest BCUT2D eigenvalue weighted by molar-refractivity contribution is 0.439. The van der Waals surface area contributed by atoms with Gasteiger partial charge in [-0.2, -0.15) is 0 Å². The summed E-state index contributed by atoms with van der Waals surface area (Å²) in [7, 11) is 0. The molecular formula is C10H14ClNO2. The van der Waals surface area contributed by atoms with Crippen molar-refractivity contribution in [2.24, 2.45) is 0 Å². The van der Waals surface area contributed by atoms with Crippen molar-refractivity contribution in [3.63, 3.8) is 0 Å². The minimum absolute atomic E-state index is 0. The molecule has 0 unspecified atom stereocenters. The van der Waals surface area contributed by atoms with Crippen molar-refractivity contribution in [2.45, 2.75) is 18.9 Å². The van der Waals surface area contributed by atoms with Crippen LogP contribution in [0.1, 0.15) is 24.4 Å². The smallest absolute Gasteiger partial charge is 0.124 e. The molecule has 78 valence electrons. The van der Waals surface area contributed by atoms with E-state index in [2.05, 4.69) is 5.32 Å². The molecule has 1 fully saturated rings. The molecule has 0 aliphatic carbocycles. The lowest BCUT2D eigenvalue weighted by atomic mass is 10.0. The van der Waals surface area contributed by atoms with Crippen molar-refractivity contribution in [2.75, 3.05) is 6.54 Å². The molecule has 1 atom stereocenters. The van der Waals surface area contributed by atoms with Crippen molar-refractivity contribution in [3.05, 3.63) is 23.8 Å². The number of rotatable bonds is 1. The second-order valence-electron chi connectivity index (χ2n) is 3.39. The largest absolute Gasteiger partial charge is 0.508 e. The third kappa shape index (κ3) is 2.11. The molecule has 1 aromatic carbocycles. The van der Waals surface area contributed by atoms with Crippen molar-refractivity contribution in [3.8, 4) is 11.5 Å². The maximum absolute atomic E-state index is 9.55. The summed E-state index contributed by atoms with van der Waals surface area (Å²) < 4.78 is 0. The molecule has 4 heteroatoms. The SMILES string of the molecule is Cl.Oc1ccc([C@@H]2CCCN2)c(O)c1. The fraction of sp³-hybridized carbons (Fsp3) is 0.400. The first kappa shape index (κ1) is 11.1. The first-order chi connectivity index (χ1) is 6.27. The van der Waals surface area contributed by atoms with Crippen molar-refractivity contribution in [1.82, 2.24) is 5.32 Å². The maximum atomic E-state index is 9.55. The zero-order chi connectivity index (χ0) is 9.26. The minimum Gasteiger partial charge on any atom is -0.508 e. The van der Waals surface area contributed by atoms with Crippen LogP contribution in [-0.4, -0.2) is 16.8 Å². The number of nitrogens with one attached hydrogen (secondary N) is 1. The Hall–Kier alpha value is -0.930. The van der Waals surface area contributed by atoms with Gasteiger partial charge >= 0.3 is 0 Å². The summed E-state index contributed by atoms with van der Waals surface area (Å²) in [6.45, 7) is 1.00. The molecule has 0 spiro atoms. The monoisotopic (exact) mass is 215 g/mol. The summed E-state index contributed by atoms with van der Waals surface area (Å²) in [5, 5.41) is 21.9. The Morgan fingerprint density at radius 2 is 2.07 bits per heavy atom. The third-order valence-corrected chi connectivity index (χ3v) is 2.45. The highest BCUT2D eigenvalue weighted by Gasteiger charge is 2.18. The standard InChI is InChI=1S/C10H13NO2.ClH/c12-7-3-4-8(10(13)6-7)9-2-1-5-11-9;/h3-4,6,9,11-13H,1-2,5H2;1H/t9-;/m0./s1. The molecule has 1 aromatic rings. The number of aromatic hydroxyl groups is 2. The summed E-state index contributed by atoms with van der Waals surface area (Å²) in [5.74, 6) is 0.290. The van der Waals surface area contributed by atoms with Gasteiger partial charge < -0.3 is 15.5 Å². The molecule has 0 saturated carbocycles. The highest BCUT2D eigenvalue weighted by Crippen LogP contribution is 2.32. The van der Waals surface area contributed by atoms with E-state index in [0.717, 1.165) is 24.9 Å². The second-order valence-corrected chi connectivity index (χ2v) is 3.39. The van der Waals surface area contributed by atoms with Crippen LogP contribution >= 0.6 is 12.4 Å². The van der Waals surface area contributed by atoms with E-state index >= 15 is 0 Å². The van der Waals surface area contributed by atoms with Gasteiger partial charge in [0, 0.05) is 17.7 Å². The van der Waals surface area contributed by atoms with Crippen LogP contribution in [0.3, 0.4) is 0 Å².